The van der Waals surface area contributed by atoms with E-state index in [9.17, 15) is 0 Å². The molecule has 15 heavy (non-hydrogen) atoms. The van der Waals surface area contributed by atoms with E-state index in [0.717, 1.165) is 13.1 Å². The smallest absolute Gasteiger partial charge is 0.0438 e. The number of likely N-dealkylation sites (tertiary alicyclic amines) is 1. The molecule has 0 atom stereocenters. The monoisotopic (exact) mass is 217 g/mol. The first-order valence-corrected chi connectivity index (χ1v) is 6.51. The second-order valence-corrected chi connectivity index (χ2v) is 5.62. The highest BCUT2D eigenvalue weighted by molar-refractivity contribution is 7.99. The van der Waals surface area contributed by atoms with Gasteiger partial charge in [-0.15, -0.1) is 11.8 Å². The molecule has 0 unspecified atom stereocenters. The molecule has 1 nitrogen and oxygen atoms in total. The first kappa shape index (κ1) is 9.73. The highest BCUT2D eigenvalue weighted by atomic mass is 32.2. The Labute approximate surface area is 95.9 Å². The van der Waals surface area contributed by atoms with Crippen molar-refractivity contribution in [3.63, 3.8) is 0 Å². The van der Waals surface area contributed by atoms with Crippen LogP contribution in [-0.2, 0) is 5.41 Å². The lowest BCUT2D eigenvalue weighted by Crippen LogP contribution is -2.40. The van der Waals surface area contributed by atoms with E-state index in [1.54, 1.807) is 5.56 Å². The second-order valence-electron chi connectivity index (χ2n) is 4.60. The third-order valence-corrected chi connectivity index (χ3v) is 5.08. The van der Waals surface area contributed by atoms with Gasteiger partial charge in [0.15, 0.2) is 0 Å². The Kier molecular flexibility index (Phi) is 2.29. The molecule has 1 aromatic carbocycles. The molecule has 0 aliphatic carbocycles. The highest BCUT2D eigenvalue weighted by Gasteiger charge is 2.40. The predicted octanol–water partition coefficient (Wildman–Crippen LogP) is 2.79. The van der Waals surface area contributed by atoms with E-state index in [2.05, 4.69) is 24.3 Å². The molecule has 0 bridgehead atoms. The van der Waals surface area contributed by atoms with Crippen LogP contribution in [0.5, 0.6) is 0 Å². The van der Waals surface area contributed by atoms with E-state index in [1.807, 2.05) is 16.7 Å². The molecule has 2 aliphatic heterocycles. The van der Waals surface area contributed by atoms with E-state index in [4.69, 9.17) is 7.05 Å². The lowest BCUT2D eigenvalue weighted by atomic mass is 9.75. The normalized spacial score (nSPS) is 24.3. The molecule has 0 saturated carbocycles. The molecule has 78 valence electrons. The first-order chi connectivity index (χ1) is 7.30. The maximum Gasteiger partial charge on any atom is 0.0438 e. The first-order valence-electron chi connectivity index (χ1n) is 5.52. The van der Waals surface area contributed by atoms with Crippen molar-refractivity contribution in [2.24, 2.45) is 0 Å². The maximum atomic E-state index is 5.83. The van der Waals surface area contributed by atoms with Crippen LogP contribution in [0.4, 0.5) is 0 Å². The molecule has 1 saturated heterocycles. The largest absolute Gasteiger partial charge is 0.297 e. The minimum atomic E-state index is 0.428. The maximum absolute atomic E-state index is 5.83. The van der Waals surface area contributed by atoms with Crippen LogP contribution in [0.2, 0.25) is 0 Å². The number of fused-ring (bicyclic) bond motifs is 2. The van der Waals surface area contributed by atoms with E-state index in [0.29, 0.717) is 5.41 Å². The third-order valence-electron chi connectivity index (χ3n) is 3.72. The van der Waals surface area contributed by atoms with Crippen molar-refractivity contribution in [3.05, 3.63) is 36.9 Å². The molecule has 3 rings (SSSR count). The summed E-state index contributed by atoms with van der Waals surface area (Å²) >= 11 is 2.02. The zero-order valence-corrected chi connectivity index (χ0v) is 9.59. The van der Waals surface area contributed by atoms with Crippen LogP contribution in [0, 0.1) is 7.05 Å². The summed E-state index contributed by atoms with van der Waals surface area (Å²) in [6.07, 6.45) is 2.43. The molecular weight excluding hydrogens is 202 g/mol. The lowest BCUT2D eigenvalue weighted by molar-refractivity contribution is 0.222. The molecule has 2 heteroatoms. The fourth-order valence-corrected chi connectivity index (χ4v) is 4.18. The summed E-state index contributed by atoms with van der Waals surface area (Å²) in [5.74, 6) is 1.25. The highest BCUT2D eigenvalue weighted by Crippen LogP contribution is 2.49. The van der Waals surface area contributed by atoms with Crippen molar-refractivity contribution < 1.29 is 0 Å². The summed E-state index contributed by atoms with van der Waals surface area (Å²) in [6, 6.07) is 8.87. The molecule has 2 aliphatic rings. The van der Waals surface area contributed by atoms with Crippen LogP contribution in [0.15, 0.2) is 29.2 Å². The molecule has 2 heterocycles. The van der Waals surface area contributed by atoms with Crippen molar-refractivity contribution in [2.45, 2.75) is 23.2 Å². The second kappa shape index (κ2) is 3.53. The summed E-state index contributed by atoms with van der Waals surface area (Å²) in [4.78, 5) is 3.44. The average molecular weight is 217 g/mol. The number of nitrogens with zero attached hydrogens (tertiary/aromatic N) is 1. The van der Waals surface area contributed by atoms with E-state index in [1.165, 1.54) is 23.5 Å². The van der Waals surface area contributed by atoms with Gasteiger partial charge in [0.2, 0.25) is 0 Å². The average Bonchev–Trinajstić information content (AvgIpc) is 2.63. The van der Waals surface area contributed by atoms with Crippen LogP contribution >= 0.6 is 11.8 Å². The summed E-state index contributed by atoms with van der Waals surface area (Å²) in [5, 5.41) is 0. The number of rotatable bonds is 0. The van der Waals surface area contributed by atoms with Gasteiger partial charge in [-0.25, -0.2) is 0 Å². The molecule has 0 N–H and O–H groups in total. The van der Waals surface area contributed by atoms with Gasteiger partial charge in [-0.2, -0.15) is 0 Å². The summed E-state index contributed by atoms with van der Waals surface area (Å²) in [6.45, 7) is 2.07. The molecule has 1 fully saturated rings. The van der Waals surface area contributed by atoms with Gasteiger partial charge >= 0.3 is 0 Å². The SMILES string of the molecule is [CH]N1CCC2(CC1)CSc1ccccc12. The third kappa shape index (κ3) is 1.51. The molecule has 2 radical (unpaired) electrons. The zero-order chi connectivity index (χ0) is 10.3. The molecule has 0 aromatic heterocycles. The Morgan fingerprint density at radius 2 is 1.93 bits per heavy atom. The fraction of sp³-hybridized carbons (Fsp3) is 0.462. The van der Waals surface area contributed by atoms with E-state index >= 15 is 0 Å². The zero-order valence-electron chi connectivity index (χ0n) is 8.78. The number of thioether (sulfide) groups is 1. The summed E-state index contributed by atoms with van der Waals surface area (Å²) < 4.78 is 0. The topological polar surface area (TPSA) is 3.24 Å². The van der Waals surface area contributed by atoms with Crippen LogP contribution in [0.3, 0.4) is 0 Å². The van der Waals surface area contributed by atoms with Gasteiger partial charge in [-0.1, -0.05) is 18.2 Å². The molecular formula is C13H15NS. The van der Waals surface area contributed by atoms with Crippen LogP contribution < -0.4 is 0 Å². The lowest BCUT2D eigenvalue weighted by Gasteiger charge is -2.37. The molecule has 0 amide bonds. The van der Waals surface area contributed by atoms with Crippen molar-refractivity contribution in [1.82, 2.24) is 4.90 Å². The van der Waals surface area contributed by atoms with Crippen molar-refractivity contribution in [2.75, 3.05) is 18.8 Å². The van der Waals surface area contributed by atoms with Crippen molar-refractivity contribution in [3.8, 4) is 0 Å². The Morgan fingerprint density at radius 1 is 1.20 bits per heavy atom. The number of hydrogen-bond donors (Lipinski definition) is 0. The van der Waals surface area contributed by atoms with Gasteiger partial charge in [0.25, 0.3) is 0 Å². The minimum Gasteiger partial charge on any atom is -0.297 e. The summed E-state index contributed by atoms with van der Waals surface area (Å²) in [5.41, 5.74) is 2.00. The molecule has 1 aromatic rings. The standard InChI is InChI=1S/C13H15NS/c1-14-8-6-13(7-9-14)10-15-12-5-3-2-4-11(12)13/h1-5H,6-10H2. The van der Waals surface area contributed by atoms with Gasteiger partial charge in [0.05, 0.1) is 0 Å². The van der Waals surface area contributed by atoms with E-state index < -0.39 is 0 Å². The van der Waals surface area contributed by atoms with E-state index in [-0.39, 0.29) is 0 Å². The Bertz CT molecular complexity index is 367. The number of benzene rings is 1. The molecule has 1 spiro atoms. The fourth-order valence-electron chi connectivity index (χ4n) is 2.69. The number of piperidine rings is 1. The summed E-state index contributed by atoms with van der Waals surface area (Å²) in [7, 11) is 5.83. The quantitative estimate of drug-likeness (QED) is 0.657. The van der Waals surface area contributed by atoms with Crippen molar-refractivity contribution in [1.29, 1.82) is 0 Å². The van der Waals surface area contributed by atoms with Crippen LogP contribution in [-0.4, -0.2) is 23.7 Å². The minimum absolute atomic E-state index is 0.428. The van der Waals surface area contributed by atoms with Crippen molar-refractivity contribution >= 4 is 11.8 Å². The number of hydrogen-bond acceptors (Lipinski definition) is 2. The van der Waals surface area contributed by atoms with Gasteiger partial charge in [-0.3, -0.25) is 4.90 Å². The Balaban J connectivity index is 1.95. The van der Waals surface area contributed by atoms with Crippen LogP contribution in [0.25, 0.3) is 0 Å². The van der Waals surface area contributed by atoms with Gasteiger partial charge in [0.1, 0.15) is 0 Å². The predicted molar refractivity (Wildman–Crippen MR) is 64.0 cm³/mol. The van der Waals surface area contributed by atoms with Crippen LogP contribution in [0.1, 0.15) is 18.4 Å². The van der Waals surface area contributed by atoms with Gasteiger partial charge < -0.3 is 0 Å². The Morgan fingerprint density at radius 3 is 2.73 bits per heavy atom. The Hall–Kier alpha value is -0.470. The van der Waals surface area contributed by atoms with Gasteiger partial charge in [0, 0.05) is 23.1 Å². The van der Waals surface area contributed by atoms with Gasteiger partial charge in [-0.05, 0) is 37.6 Å².